The third-order valence-corrected chi connectivity index (χ3v) is 4.29. The van der Waals surface area contributed by atoms with Crippen LogP contribution in [-0.2, 0) is 7.05 Å². The van der Waals surface area contributed by atoms with Crippen LogP contribution in [0.3, 0.4) is 0 Å². The van der Waals surface area contributed by atoms with Crippen LogP contribution in [0.15, 0.2) is 47.9 Å². The molecule has 0 aliphatic heterocycles. The number of nitrogens with zero attached hydrogens (tertiary/aromatic N) is 4. The number of nitrogens with two attached hydrogens (primary N) is 1. The van der Waals surface area contributed by atoms with Crippen molar-refractivity contribution in [2.24, 2.45) is 7.05 Å². The Labute approximate surface area is 155 Å². The van der Waals surface area contributed by atoms with E-state index in [1.165, 1.54) is 23.0 Å². The van der Waals surface area contributed by atoms with Gasteiger partial charge in [-0.15, -0.1) is 0 Å². The largest absolute Gasteiger partial charge is 0.382 e. The second kappa shape index (κ2) is 8.47. The van der Waals surface area contributed by atoms with Crippen LogP contribution in [0.1, 0.15) is 39.8 Å². The Morgan fingerprint density at radius 1 is 1.27 bits per heavy atom. The molecule has 2 aromatic rings. The minimum Gasteiger partial charge on any atom is -0.382 e. The SMILES string of the molecule is C=C(NCC1=CC(C)=C(C)CC=C1)c1ncnc2c(N)n(C)nc12.CC. The van der Waals surface area contributed by atoms with E-state index in [0.717, 1.165) is 6.42 Å². The van der Waals surface area contributed by atoms with Crippen molar-refractivity contribution in [1.29, 1.82) is 0 Å². The summed E-state index contributed by atoms with van der Waals surface area (Å²) in [5.74, 6) is 0.520. The molecule has 1 aliphatic rings. The minimum absolute atomic E-state index is 0.520. The molecule has 0 spiro atoms. The number of fused-ring (bicyclic) bond motifs is 1. The predicted molar refractivity (Wildman–Crippen MR) is 109 cm³/mol. The summed E-state index contributed by atoms with van der Waals surface area (Å²) in [6.07, 6.45) is 9.02. The van der Waals surface area contributed by atoms with Gasteiger partial charge >= 0.3 is 0 Å². The first-order valence-corrected chi connectivity index (χ1v) is 8.87. The Balaban J connectivity index is 0.00000117. The molecule has 6 nitrogen and oxygen atoms in total. The van der Waals surface area contributed by atoms with Crippen LogP contribution in [0.4, 0.5) is 5.82 Å². The lowest BCUT2D eigenvalue weighted by Crippen LogP contribution is -2.15. The molecule has 26 heavy (non-hydrogen) atoms. The third-order valence-electron chi connectivity index (χ3n) is 4.29. The highest BCUT2D eigenvalue weighted by atomic mass is 15.3. The minimum atomic E-state index is 0.520. The van der Waals surface area contributed by atoms with E-state index in [1.54, 1.807) is 11.7 Å². The molecule has 3 rings (SSSR count). The van der Waals surface area contributed by atoms with Crippen LogP contribution in [0.25, 0.3) is 16.7 Å². The van der Waals surface area contributed by atoms with Gasteiger partial charge in [0, 0.05) is 13.6 Å². The highest BCUT2D eigenvalue weighted by Gasteiger charge is 2.14. The van der Waals surface area contributed by atoms with E-state index in [2.05, 4.69) is 59.0 Å². The van der Waals surface area contributed by atoms with Gasteiger partial charge in [0.15, 0.2) is 0 Å². The summed E-state index contributed by atoms with van der Waals surface area (Å²) in [6, 6.07) is 0. The molecule has 0 saturated carbocycles. The number of hydrogen-bond acceptors (Lipinski definition) is 5. The highest BCUT2D eigenvalue weighted by molar-refractivity contribution is 5.91. The monoisotopic (exact) mass is 352 g/mol. The fraction of sp³-hybridized carbons (Fsp3) is 0.350. The van der Waals surface area contributed by atoms with Gasteiger partial charge in [-0.2, -0.15) is 5.10 Å². The summed E-state index contributed by atoms with van der Waals surface area (Å²) < 4.78 is 1.60. The van der Waals surface area contributed by atoms with Gasteiger partial charge < -0.3 is 11.1 Å². The number of nitrogens with one attached hydrogen (secondary N) is 1. The van der Waals surface area contributed by atoms with Crippen molar-refractivity contribution in [3.05, 3.63) is 53.5 Å². The van der Waals surface area contributed by atoms with Crippen LogP contribution < -0.4 is 11.1 Å². The molecule has 138 valence electrons. The quantitative estimate of drug-likeness (QED) is 0.876. The fourth-order valence-electron chi connectivity index (χ4n) is 2.64. The van der Waals surface area contributed by atoms with Crippen molar-refractivity contribution < 1.29 is 0 Å². The van der Waals surface area contributed by atoms with E-state index in [-0.39, 0.29) is 0 Å². The van der Waals surface area contributed by atoms with Crippen LogP contribution in [0.2, 0.25) is 0 Å². The van der Waals surface area contributed by atoms with E-state index in [4.69, 9.17) is 5.73 Å². The Hall–Kier alpha value is -2.89. The molecule has 2 aromatic heterocycles. The number of anilines is 1. The predicted octanol–water partition coefficient (Wildman–Crippen LogP) is 3.75. The number of hydrogen-bond donors (Lipinski definition) is 2. The van der Waals surface area contributed by atoms with Gasteiger partial charge in [0.1, 0.15) is 28.9 Å². The number of aryl methyl sites for hydroxylation is 1. The first-order chi connectivity index (χ1) is 12.5. The molecular weight excluding hydrogens is 324 g/mol. The molecule has 6 heteroatoms. The Morgan fingerprint density at radius 3 is 2.73 bits per heavy atom. The summed E-state index contributed by atoms with van der Waals surface area (Å²) in [7, 11) is 1.79. The van der Waals surface area contributed by atoms with Crippen LogP contribution in [-0.4, -0.2) is 26.3 Å². The topological polar surface area (TPSA) is 81.6 Å². The normalized spacial score (nSPS) is 13.8. The van der Waals surface area contributed by atoms with Crippen molar-refractivity contribution in [1.82, 2.24) is 25.1 Å². The third kappa shape index (κ3) is 4.02. The number of aromatic nitrogens is 4. The lowest BCUT2D eigenvalue weighted by Gasteiger charge is -2.10. The Bertz CT molecular complexity index is 898. The summed E-state index contributed by atoms with van der Waals surface area (Å²) in [5.41, 5.74) is 12.6. The molecule has 0 bridgehead atoms. The fourth-order valence-corrected chi connectivity index (χ4v) is 2.64. The average molecular weight is 352 g/mol. The zero-order chi connectivity index (χ0) is 19.3. The van der Waals surface area contributed by atoms with Crippen molar-refractivity contribution >= 4 is 22.5 Å². The molecule has 0 unspecified atom stereocenters. The maximum Gasteiger partial charge on any atom is 0.148 e. The van der Waals surface area contributed by atoms with Crippen molar-refractivity contribution in [3.8, 4) is 0 Å². The first kappa shape index (κ1) is 19.4. The molecular formula is C20H28N6. The van der Waals surface area contributed by atoms with Crippen LogP contribution in [0.5, 0.6) is 0 Å². The number of nitrogen functional groups attached to an aromatic ring is 1. The molecule has 0 saturated heterocycles. The van der Waals surface area contributed by atoms with E-state index < -0.39 is 0 Å². The lowest BCUT2D eigenvalue weighted by atomic mass is 10.1. The molecule has 3 N–H and O–H groups in total. The average Bonchev–Trinajstić information content (AvgIpc) is 2.84. The van der Waals surface area contributed by atoms with Gasteiger partial charge in [-0.1, -0.05) is 49.8 Å². The van der Waals surface area contributed by atoms with Crippen molar-refractivity contribution in [3.63, 3.8) is 0 Å². The van der Waals surface area contributed by atoms with E-state index in [1.807, 2.05) is 13.8 Å². The molecule has 1 aliphatic carbocycles. The van der Waals surface area contributed by atoms with Gasteiger partial charge in [0.05, 0.1) is 5.70 Å². The van der Waals surface area contributed by atoms with Gasteiger partial charge in [-0.3, -0.25) is 4.68 Å². The smallest absolute Gasteiger partial charge is 0.148 e. The van der Waals surface area contributed by atoms with Crippen LogP contribution >= 0.6 is 0 Å². The molecule has 0 fully saturated rings. The van der Waals surface area contributed by atoms with Crippen LogP contribution in [0, 0.1) is 0 Å². The van der Waals surface area contributed by atoms with E-state index in [0.29, 0.717) is 34.8 Å². The zero-order valence-electron chi connectivity index (χ0n) is 16.3. The van der Waals surface area contributed by atoms with Gasteiger partial charge in [0.25, 0.3) is 0 Å². The maximum absolute atomic E-state index is 5.98. The summed E-state index contributed by atoms with van der Waals surface area (Å²) in [6.45, 7) is 13.1. The summed E-state index contributed by atoms with van der Waals surface area (Å²) >= 11 is 0. The molecule has 0 radical (unpaired) electrons. The maximum atomic E-state index is 5.98. The molecule has 0 atom stereocenters. The molecule has 2 heterocycles. The number of allylic oxidation sites excluding steroid dienone is 4. The molecule has 0 amide bonds. The highest BCUT2D eigenvalue weighted by Crippen LogP contribution is 2.22. The van der Waals surface area contributed by atoms with E-state index in [9.17, 15) is 0 Å². The first-order valence-electron chi connectivity index (χ1n) is 8.87. The van der Waals surface area contributed by atoms with Crippen molar-refractivity contribution in [2.45, 2.75) is 34.1 Å². The molecule has 0 aromatic carbocycles. The second-order valence-electron chi connectivity index (χ2n) is 6.05. The summed E-state index contributed by atoms with van der Waals surface area (Å²) in [5, 5.41) is 7.73. The van der Waals surface area contributed by atoms with Crippen molar-refractivity contribution in [2.75, 3.05) is 12.3 Å². The van der Waals surface area contributed by atoms with E-state index >= 15 is 0 Å². The summed E-state index contributed by atoms with van der Waals surface area (Å²) in [4.78, 5) is 8.53. The Kier molecular flexibility index (Phi) is 6.33. The zero-order valence-corrected chi connectivity index (χ0v) is 16.3. The standard InChI is InChI=1S/C18H22N6.C2H6/c1-11-6-5-7-14(8-12(11)2)9-20-13(3)15-16-17(22-10-21-15)18(19)24(4)23-16;1-2/h5,7-8,10,20H,3,6,9,19H2,1-2,4H3;1-2H3. The Morgan fingerprint density at radius 2 is 2.00 bits per heavy atom. The number of rotatable bonds is 4. The van der Waals surface area contributed by atoms with Gasteiger partial charge in [-0.25, -0.2) is 9.97 Å². The second-order valence-corrected chi connectivity index (χ2v) is 6.05. The van der Waals surface area contributed by atoms with Gasteiger partial charge in [-0.05, 0) is 25.8 Å². The van der Waals surface area contributed by atoms with Gasteiger partial charge in [0.2, 0.25) is 0 Å². The lowest BCUT2D eigenvalue weighted by molar-refractivity contribution is 0.790.